The van der Waals surface area contributed by atoms with E-state index in [9.17, 15) is 9.18 Å². The van der Waals surface area contributed by atoms with Gasteiger partial charge in [0.1, 0.15) is 5.82 Å². The molecule has 2 N–H and O–H groups in total. The number of halogens is 1. The first-order chi connectivity index (χ1) is 11.1. The molecule has 23 heavy (non-hydrogen) atoms. The fourth-order valence-electron chi connectivity index (χ4n) is 2.86. The zero-order chi connectivity index (χ0) is 16.4. The summed E-state index contributed by atoms with van der Waals surface area (Å²) in [6, 6.07) is 5.82. The van der Waals surface area contributed by atoms with Gasteiger partial charge in [0.15, 0.2) is 5.11 Å². The molecule has 2 heterocycles. The standard InChI is InChI=1S/C16H18FN3O2S/c1-10-13(15(21)20-6-8-22-9-7-20)14(19-16(23)18-10)11-4-2-3-5-12(11)17/h2-5,14H,6-9H2,1H3,(H2,18,19,23)/t14-/m0/s1. The van der Waals surface area contributed by atoms with Crippen LogP contribution in [0.4, 0.5) is 4.39 Å². The third-order valence-electron chi connectivity index (χ3n) is 4.01. The van der Waals surface area contributed by atoms with E-state index in [-0.39, 0.29) is 11.7 Å². The first-order valence-electron chi connectivity index (χ1n) is 7.47. The summed E-state index contributed by atoms with van der Waals surface area (Å²) in [6.45, 7) is 3.88. The number of ether oxygens (including phenoxy) is 1. The lowest BCUT2D eigenvalue weighted by molar-refractivity contribution is -0.131. The minimum atomic E-state index is -0.597. The topological polar surface area (TPSA) is 53.6 Å². The number of morpholine rings is 1. The maximum Gasteiger partial charge on any atom is 0.254 e. The summed E-state index contributed by atoms with van der Waals surface area (Å²) >= 11 is 5.18. The number of benzene rings is 1. The predicted octanol–water partition coefficient (Wildman–Crippen LogP) is 1.48. The Hall–Kier alpha value is -1.99. The van der Waals surface area contributed by atoms with Crippen LogP contribution in [0.15, 0.2) is 35.5 Å². The molecule has 0 radical (unpaired) electrons. The van der Waals surface area contributed by atoms with Crippen molar-refractivity contribution in [2.24, 2.45) is 0 Å². The molecule has 5 nitrogen and oxygen atoms in total. The van der Waals surface area contributed by atoms with Crippen LogP contribution in [-0.2, 0) is 9.53 Å². The summed E-state index contributed by atoms with van der Waals surface area (Å²) in [5, 5.41) is 6.37. The largest absolute Gasteiger partial charge is 0.378 e. The number of nitrogens with zero attached hydrogens (tertiary/aromatic N) is 1. The molecule has 1 aromatic rings. The molecule has 1 amide bonds. The normalized spacial score (nSPS) is 21.7. The summed E-state index contributed by atoms with van der Waals surface area (Å²) in [5.74, 6) is -0.490. The number of hydrogen-bond donors (Lipinski definition) is 2. The SMILES string of the molecule is CC1=C(C(=O)N2CCOCC2)[C@H](c2ccccc2F)NC(=S)N1. The van der Waals surface area contributed by atoms with Crippen molar-refractivity contribution in [2.75, 3.05) is 26.3 Å². The van der Waals surface area contributed by atoms with Crippen LogP contribution < -0.4 is 10.6 Å². The number of thiocarbonyl (C=S) groups is 1. The smallest absolute Gasteiger partial charge is 0.254 e. The van der Waals surface area contributed by atoms with Crippen molar-refractivity contribution in [1.29, 1.82) is 0 Å². The van der Waals surface area contributed by atoms with Gasteiger partial charge in [0.2, 0.25) is 0 Å². The minimum absolute atomic E-state index is 0.124. The molecule has 0 spiro atoms. The Labute approximate surface area is 139 Å². The summed E-state index contributed by atoms with van der Waals surface area (Å²) in [5.41, 5.74) is 1.55. The van der Waals surface area contributed by atoms with E-state index in [4.69, 9.17) is 17.0 Å². The van der Waals surface area contributed by atoms with Crippen LogP contribution in [-0.4, -0.2) is 42.2 Å². The molecule has 7 heteroatoms. The van der Waals surface area contributed by atoms with E-state index < -0.39 is 6.04 Å². The molecule has 0 unspecified atom stereocenters. The fourth-order valence-corrected chi connectivity index (χ4v) is 3.13. The molecule has 2 aliphatic heterocycles. The summed E-state index contributed by atoms with van der Waals surface area (Å²) < 4.78 is 19.5. The average Bonchev–Trinajstić information content (AvgIpc) is 2.55. The molecule has 122 valence electrons. The van der Waals surface area contributed by atoms with Gasteiger partial charge in [-0.2, -0.15) is 0 Å². The Morgan fingerprint density at radius 1 is 1.35 bits per heavy atom. The highest BCUT2D eigenvalue weighted by Gasteiger charge is 2.34. The molecule has 0 aliphatic carbocycles. The number of hydrogen-bond acceptors (Lipinski definition) is 3. The molecule has 0 saturated carbocycles. The Morgan fingerprint density at radius 3 is 2.74 bits per heavy atom. The quantitative estimate of drug-likeness (QED) is 0.802. The molecular weight excluding hydrogens is 317 g/mol. The number of amides is 1. The third kappa shape index (κ3) is 3.20. The zero-order valence-electron chi connectivity index (χ0n) is 12.8. The molecule has 3 rings (SSSR count). The van der Waals surface area contributed by atoms with E-state index in [2.05, 4.69) is 10.6 Å². The van der Waals surface area contributed by atoms with Crippen LogP contribution in [0.1, 0.15) is 18.5 Å². The molecule has 0 aromatic heterocycles. The van der Waals surface area contributed by atoms with Crippen molar-refractivity contribution in [2.45, 2.75) is 13.0 Å². The number of allylic oxidation sites excluding steroid dienone is 1. The van der Waals surface area contributed by atoms with Crippen LogP contribution >= 0.6 is 12.2 Å². The van der Waals surface area contributed by atoms with Gasteiger partial charge in [-0.3, -0.25) is 4.79 Å². The molecule has 1 fully saturated rings. The van der Waals surface area contributed by atoms with Crippen molar-refractivity contribution in [3.8, 4) is 0 Å². The highest BCUT2D eigenvalue weighted by atomic mass is 32.1. The first kappa shape index (κ1) is 15.9. The van der Waals surface area contributed by atoms with Crippen LogP contribution in [0.3, 0.4) is 0 Å². The van der Waals surface area contributed by atoms with E-state index in [1.54, 1.807) is 30.0 Å². The van der Waals surface area contributed by atoms with Gasteiger partial charge >= 0.3 is 0 Å². The molecule has 1 aromatic carbocycles. The summed E-state index contributed by atoms with van der Waals surface area (Å²) in [7, 11) is 0. The Morgan fingerprint density at radius 2 is 2.04 bits per heavy atom. The third-order valence-corrected chi connectivity index (χ3v) is 4.23. The predicted molar refractivity (Wildman–Crippen MR) is 88.1 cm³/mol. The van der Waals surface area contributed by atoms with E-state index in [1.807, 2.05) is 0 Å². The summed E-state index contributed by atoms with van der Waals surface area (Å²) in [4.78, 5) is 14.7. The first-order valence-corrected chi connectivity index (χ1v) is 7.88. The molecular formula is C16H18FN3O2S. The maximum atomic E-state index is 14.2. The fraction of sp³-hybridized carbons (Fsp3) is 0.375. The van der Waals surface area contributed by atoms with Gasteiger partial charge in [0.25, 0.3) is 5.91 Å². The van der Waals surface area contributed by atoms with Crippen molar-refractivity contribution in [3.63, 3.8) is 0 Å². The number of carbonyl (C=O) groups is 1. The lowest BCUT2D eigenvalue weighted by Crippen LogP contribution is -2.49. The van der Waals surface area contributed by atoms with Crippen LogP contribution in [0.25, 0.3) is 0 Å². The summed E-state index contributed by atoms with van der Waals surface area (Å²) in [6.07, 6.45) is 0. The van der Waals surface area contributed by atoms with E-state index >= 15 is 0 Å². The second kappa shape index (κ2) is 6.64. The Balaban J connectivity index is 1.99. The van der Waals surface area contributed by atoms with Gasteiger partial charge in [0.05, 0.1) is 24.8 Å². The van der Waals surface area contributed by atoms with Gasteiger partial charge < -0.3 is 20.3 Å². The highest BCUT2D eigenvalue weighted by Crippen LogP contribution is 2.29. The van der Waals surface area contributed by atoms with E-state index in [0.29, 0.717) is 48.2 Å². The van der Waals surface area contributed by atoms with E-state index in [0.717, 1.165) is 0 Å². The second-order valence-corrected chi connectivity index (χ2v) is 5.90. The lowest BCUT2D eigenvalue weighted by atomic mass is 9.94. The Kier molecular flexibility index (Phi) is 4.58. The number of carbonyl (C=O) groups excluding carboxylic acids is 1. The lowest BCUT2D eigenvalue weighted by Gasteiger charge is -2.34. The number of nitrogens with one attached hydrogen (secondary N) is 2. The minimum Gasteiger partial charge on any atom is -0.378 e. The van der Waals surface area contributed by atoms with E-state index in [1.165, 1.54) is 6.07 Å². The maximum absolute atomic E-state index is 14.2. The average molecular weight is 335 g/mol. The highest BCUT2D eigenvalue weighted by molar-refractivity contribution is 7.80. The van der Waals surface area contributed by atoms with Gasteiger partial charge in [-0.05, 0) is 25.2 Å². The van der Waals surface area contributed by atoms with Crippen LogP contribution in [0.5, 0.6) is 0 Å². The zero-order valence-corrected chi connectivity index (χ0v) is 13.6. The molecule has 2 aliphatic rings. The van der Waals surface area contributed by atoms with Crippen molar-refractivity contribution >= 4 is 23.2 Å². The second-order valence-electron chi connectivity index (χ2n) is 5.50. The monoisotopic (exact) mass is 335 g/mol. The molecule has 1 atom stereocenters. The van der Waals surface area contributed by atoms with Crippen molar-refractivity contribution in [3.05, 3.63) is 46.9 Å². The molecule has 1 saturated heterocycles. The van der Waals surface area contributed by atoms with Crippen LogP contribution in [0, 0.1) is 5.82 Å². The van der Waals surface area contributed by atoms with Crippen molar-refractivity contribution < 1.29 is 13.9 Å². The van der Waals surface area contributed by atoms with Gasteiger partial charge in [-0.25, -0.2) is 4.39 Å². The Bertz CT molecular complexity index is 671. The van der Waals surface area contributed by atoms with Gasteiger partial charge in [0, 0.05) is 24.4 Å². The van der Waals surface area contributed by atoms with Gasteiger partial charge in [-0.15, -0.1) is 0 Å². The van der Waals surface area contributed by atoms with Gasteiger partial charge in [-0.1, -0.05) is 18.2 Å². The molecule has 0 bridgehead atoms. The van der Waals surface area contributed by atoms with Crippen molar-refractivity contribution in [1.82, 2.24) is 15.5 Å². The van der Waals surface area contributed by atoms with Crippen LogP contribution in [0.2, 0.25) is 0 Å². The number of rotatable bonds is 2.